The minimum Gasteiger partial charge on any atom is -0.497 e. The van der Waals surface area contributed by atoms with Crippen LogP contribution in [0, 0.1) is 0 Å². The first-order valence-corrected chi connectivity index (χ1v) is 11.6. The van der Waals surface area contributed by atoms with Crippen molar-refractivity contribution in [1.29, 1.82) is 0 Å². The molecule has 1 unspecified atom stereocenters. The third-order valence-corrected chi connectivity index (χ3v) is 5.77. The Labute approximate surface area is 213 Å². The summed E-state index contributed by atoms with van der Waals surface area (Å²) in [5.41, 5.74) is 9.55. The predicted octanol–water partition coefficient (Wildman–Crippen LogP) is 4.35. The molecule has 9 heteroatoms. The first-order chi connectivity index (χ1) is 17.4. The lowest BCUT2D eigenvalue weighted by molar-refractivity contribution is 0.190. The molecule has 0 saturated heterocycles. The van der Waals surface area contributed by atoms with E-state index in [1.807, 2.05) is 49.4 Å². The average molecular weight is 497 g/mol. The highest BCUT2D eigenvalue weighted by Crippen LogP contribution is 2.32. The molecule has 194 valence electrons. The normalized spacial score (nSPS) is 11.5. The minimum atomic E-state index is 0.0735. The number of nitrogens with two attached hydrogens (primary N) is 1. The Morgan fingerprint density at radius 1 is 0.833 bits per heavy atom. The summed E-state index contributed by atoms with van der Waals surface area (Å²) in [6.07, 6.45) is 1.67. The number of hydrogen-bond donors (Lipinski definition) is 2. The number of nitrogens with zero attached hydrogens (tertiary/aromatic N) is 2. The lowest BCUT2D eigenvalue weighted by Crippen LogP contribution is -2.25. The molecule has 3 aromatic rings. The van der Waals surface area contributed by atoms with Gasteiger partial charge in [-0.15, -0.1) is 0 Å². The molecule has 0 spiro atoms. The third-order valence-electron chi connectivity index (χ3n) is 5.77. The van der Waals surface area contributed by atoms with E-state index in [2.05, 4.69) is 15.2 Å². The Hall–Kier alpha value is -3.85. The van der Waals surface area contributed by atoms with Gasteiger partial charge in [0.05, 0.1) is 52.6 Å². The number of hydrogen-bond acceptors (Lipinski definition) is 9. The summed E-state index contributed by atoms with van der Waals surface area (Å²) in [6, 6.07) is 13.6. The fourth-order valence-corrected chi connectivity index (χ4v) is 3.90. The number of aromatic nitrogens is 1. The molecular formula is C27H36N4O5. The SMILES string of the molecule is COCC(C)Nc1cc(N(Cc2ccc(OC)cc2OC)Cc2ccc(OC)cc2OC)ncc1N. The van der Waals surface area contributed by atoms with Crippen LogP contribution in [0.1, 0.15) is 18.1 Å². The Morgan fingerprint density at radius 2 is 1.39 bits per heavy atom. The zero-order valence-electron chi connectivity index (χ0n) is 21.8. The number of benzene rings is 2. The molecule has 0 radical (unpaired) electrons. The second-order valence-corrected chi connectivity index (χ2v) is 8.34. The van der Waals surface area contributed by atoms with E-state index in [-0.39, 0.29) is 6.04 Å². The van der Waals surface area contributed by atoms with Crippen LogP contribution in [0.5, 0.6) is 23.0 Å². The van der Waals surface area contributed by atoms with Crippen molar-refractivity contribution < 1.29 is 23.7 Å². The van der Waals surface area contributed by atoms with Crippen molar-refractivity contribution in [3.05, 3.63) is 59.8 Å². The molecule has 0 fully saturated rings. The topological polar surface area (TPSA) is 100 Å². The highest BCUT2D eigenvalue weighted by atomic mass is 16.5. The minimum absolute atomic E-state index is 0.0735. The van der Waals surface area contributed by atoms with Crippen LogP contribution in [0.25, 0.3) is 0 Å². The van der Waals surface area contributed by atoms with E-state index in [9.17, 15) is 0 Å². The quantitative estimate of drug-likeness (QED) is 0.358. The van der Waals surface area contributed by atoms with Gasteiger partial charge in [-0.25, -0.2) is 4.98 Å². The van der Waals surface area contributed by atoms with Gasteiger partial charge in [-0.1, -0.05) is 0 Å². The molecule has 1 aromatic heterocycles. The highest BCUT2D eigenvalue weighted by Gasteiger charge is 2.18. The third kappa shape index (κ3) is 6.63. The van der Waals surface area contributed by atoms with Crippen molar-refractivity contribution in [3.8, 4) is 23.0 Å². The van der Waals surface area contributed by atoms with Gasteiger partial charge in [0.25, 0.3) is 0 Å². The molecule has 2 aromatic carbocycles. The van der Waals surface area contributed by atoms with Gasteiger partial charge >= 0.3 is 0 Å². The van der Waals surface area contributed by atoms with Crippen molar-refractivity contribution in [1.82, 2.24) is 4.98 Å². The summed E-state index contributed by atoms with van der Waals surface area (Å²) < 4.78 is 27.3. The first-order valence-electron chi connectivity index (χ1n) is 11.6. The molecule has 36 heavy (non-hydrogen) atoms. The molecule has 0 saturated carbocycles. The van der Waals surface area contributed by atoms with Crippen LogP contribution in [0.3, 0.4) is 0 Å². The van der Waals surface area contributed by atoms with Crippen molar-refractivity contribution in [2.24, 2.45) is 0 Å². The lowest BCUT2D eigenvalue weighted by atomic mass is 10.1. The number of methoxy groups -OCH3 is 5. The van der Waals surface area contributed by atoms with Crippen molar-refractivity contribution in [2.45, 2.75) is 26.1 Å². The largest absolute Gasteiger partial charge is 0.497 e. The van der Waals surface area contributed by atoms with Crippen LogP contribution in [0.4, 0.5) is 17.2 Å². The van der Waals surface area contributed by atoms with E-state index in [0.717, 1.165) is 45.6 Å². The van der Waals surface area contributed by atoms with Gasteiger partial charge in [-0.05, 0) is 31.2 Å². The van der Waals surface area contributed by atoms with Gasteiger partial charge in [0.1, 0.15) is 28.8 Å². The molecule has 9 nitrogen and oxygen atoms in total. The highest BCUT2D eigenvalue weighted by molar-refractivity contribution is 5.69. The first kappa shape index (κ1) is 26.7. The number of nitrogens with one attached hydrogen (secondary N) is 1. The van der Waals surface area contributed by atoms with E-state index < -0.39 is 0 Å². The summed E-state index contributed by atoms with van der Waals surface area (Å²) in [5.74, 6) is 3.64. The van der Waals surface area contributed by atoms with Gasteiger partial charge in [0, 0.05) is 55.6 Å². The van der Waals surface area contributed by atoms with Crippen molar-refractivity contribution in [3.63, 3.8) is 0 Å². The number of anilines is 3. The van der Waals surface area contributed by atoms with Gasteiger partial charge in [-0.3, -0.25) is 0 Å². The molecule has 1 heterocycles. The predicted molar refractivity (Wildman–Crippen MR) is 143 cm³/mol. The van der Waals surface area contributed by atoms with Gasteiger partial charge in [0.2, 0.25) is 0 Å². The lowest BCUT2D eigenvalue weighted by Gasteiger charge is -2.27. The van der Waals surface area contributed by atoms with Crippen LogP contribution in [-0.4, -0.2) is 53.2 Å². The molecule has 0 aliphatic rings. The van der Waals surface area contributed by atoms with E-state index in [0.29, 0.717) is 25.4 Å². The smallest absolute Gasteiger partial charge is 0.131 e. The summed E-state index contributed by atoms with van der Waals surface area (Å²) in [6.45, 7) is 3.62. The van der Waals surface area contributed by atoms with Gasteiger partial charge in [-0.2, -0.15) is 0 Å². The molecule has 1 atom stereocenters. The number of pyridine rings is 1. The summed E-state index contributed by atoms with van der Waals surface area (Å²) in [5, 5.41) is 3.41. The van der Waals surface area contributed by atoms with Crippen LogP contribution < -0.4 is 34.9 Å². The van der Waals surface area contributed by atoms with E-state index in [4.69, 9.17) is 29.4 Å². The van der Waals surface area contributed by atoms with E-state index >= 15 is 0 Å². The Kier molecular flexibility index (Phi) is 9.46. The molecule has 0 bridgehead atoms. The molecule has 0 aliphatic heterocycles. The maximum Gasteiger partial charge on any atom is 0.131 e. The monoisotopic (exact) mass is 496 g/mol. The zero-order valence-corrected chi connectivity index (χ0v) is 21.8. The van der Waals surface area contributed by atoms with E-state index in [1.165, 1.54) is 0 Å². The molecule has 0 amide bonds. The van der Waals surface area contributed by atoms with Crippen LogP contribution in [-0.2, 0) is 17.8 Å². The second-order valence-electron chi connectivity index (χ2n) is 8.34. The number of rotatable bonds is 13. The van der Waals surface area contributed by atoms with Crippen molar-refractivity contribution >= 4 is 17.2 Å². The summed E-state index contributed by atoms with van der Waals surface area (Å²) >= 11 is 0. The Bertz CT molecular complexity index is 1080. The number of nitrogen functional groups attached to an aromatic ring is 1. The fraction of sp³-hybridized carbons (Fsp3) is 0.370. The van der Waals surface area contributed by atoms with Gasteiger partial charge in [0.15, 0.2) is 0 Å². The van der Waals surface area contributed by atoms with Crippen LogP contribution >= 0.6 is 0 Å². The molecule has 3 N–H and O–H groups in total. The van der Waals surface area contributed by atoms with E-state index in [1.54, 1.807) is 41.7 Å². The van der Waals surface area contributed by atoms with Crippen LogP contribution in [0.2, 0.25) is 0 Å². The molecule has 0 aliphatic carbocycles. The molecular weight excluding hydrogens is 460 g/mol. The fourth-order valence-electron chi connectivity index (χ4n) is 3.90. The van der Waals surface area contributed by atoms with Gasteiger partial charge < -0.3 is 39.6 Å². The standard InChI is InChI=1S/C27H36N4O5/c1-18(17-32-2)30-24-13-27(29-14-23(24)28)31(15-19-7-9-21(33-3)11-25(19)35-5)16-20-8-10-22(34-4)12-26(20)36-6/h7-14,18H,15-17,28H2,1-6H3,(H,29,30). The average Bonchev–Trinajstić information content (AvgIpc) is 2.90. The maximum atomic E-state index is 6.24. The Morgan fingerprint density at radius 3 is 1.86 bits per heavy atom. The zero-order chi connectivity index (χ0) is 26.1. The summed E-state index contributed by atoms with van der Waals surface area (Å²) in [4.78, 5) is 6.80. The molecule has 3 rings (SSSR count). The Balaban J connectivity index is 2.02. The number of ether oxygens (including phenoxy) is 5. The van der Waals surface area contributed by atoms with Crippen molar-refractivity contribution in [2.75, 3.05) is 58.1 Å². The van der Waals surface area contributed by atoms with Crippen LogP contribution in [0.15, 0.2) is 48.7 Å². The summed E-state index contributed by atoms with van der Waals surface area (Å²) in [7, 11) is 8.24. The second kappa shape index (κ2) is 12.7. The maximum absolute atomic E-state index is 6.24.